The molecule has 10 heteroatoms. The average Bonchev–Trinajstić information content (AvgIpc) is 3.35. The molecule has 0 saturated carbocycles. The average molecular weight is 498 g/mol. The molecule has 7 atom stereocenters. The van der Waals surface area contributed by atoms with Gasteiger partial charge >= 0.3 is 0 Å². The van der Waals surface area contributed by atoms with E-state index in [1.807, 2.05) is 0 Å². The maximum absolute atomic E-state index is 13.4. The summed E-state index contributed by atoms with van der Waals surface area (Å²) in [6.07, 6.45) is -3.10. The van der Waals surface area contributed by atoms with E-state index >= 15 is 0 Å². The van der Waals surface area contributed by atoms with E-state index in [2.05, 4.69) is 0 Å². The molecular weight excluding hydrogens is 470 g/mol. The number of carbonyl (C=O) groups is 2. The number of carbonyl (C=O) groups excluding carboxylic acids is 2. The zero-order valence-electron chi connectivity index (χ0n) is 19.7. The summed E-state index contributed by atoms with van der Waals surface area (Å²) in [4.78, 5) is 26.7. The summed E-state index contributed by atoms with van der Waals surface area (Å²) in [6.45, 7) is 3.15. The summed E-state index contributed by atoms with van der Waals surface area (Å²) in [7, 11) is 0. The number of epoxide rings is 1. The summed E-state index contributed by atoms with van der Waals surface area (Å²) in [6, 6.07) is 5.61. The molecule has 6 N–H and O–H groups in total. The van der Waals surface area contributed by atoms with Gasteiger partial charge in [-0.2, -0.15) is 0 Å². The number of aliphatic hydroxyl groups is 2. The molecule has 4 aliphatic rings. The first-order chi connectivity index (χ1) is 17.0. The monoisotopic (exact) mass is 497 g/mol. The second kappa shape index (κ2) is 7.58. The van der Waals surface area contributed by atoms with Crippen LogP contribution in [0.3, 0.4) is 0 Å². The minimum absolute atomic E-state index is 0.00879. The summed E-state index contributed by atoms with van der Waals surface area (Å²) in [5.74, 6) is -3.60. The predicted octanol–water partition coefficient (Wildman–Crippen LogP) is 1.18. The number of fused-ring (bicyclic) bond motifs is 3. The Hall–Kier alpha value is -2.86. The molecule has 2 heterocycles. The van der Waals surface area contributed by atoms with E-state index in [0.717, 1.165) is 0 Å². The number of ether oxygens (including phenoxy) is 3. The van der Waals surface area contributed by atoms with Crippen LogP contribution in [0.15, 0.2) is 24.3 Å². The van der Waals surface area contributed by atoms with Crippen LogP contribution in [0.1, 0.15) is 75.8 Å². The smallest absolute Gasteiger partial charge is 0.198 e. The number of hydrogen-bond donors (Lipinski definition) is 5. The van der Waals surface area contributed by atoms with Crippen molar-refractivity contribution < 1.29 is 44.2 Å². The van der Waals surface area contributed by atoms with Gasteiger partial charge in [-0.15, -0.1) is 0 Å². The number of benzene rings is 2. The van der Waals surface area contributed by atoms with Gasteiger partial charge in [0, 0.05) is 47.6 Å². The normalized spacial score (nSPS) is 36.9. The molecule has 0 unspecified atom stereocenters. The number of phenols is 2. The van der Waals surface area contributed by atoms with E-state index in [0.29, 0.717) is 0 Å². The van der Waals surface area contributed by atoms with Crippen molar-refractivity contribution >= 4 is 11.6 Å². The molecule has 10 nitrogen and oxygen atoms in total. The Kier molecular flexibility index (Phi) is 4.95. The van der Waals surface area contributed by atoms with Crippen molar-refractivity contribution in [1.82, 2.24) is 0 Å². The van der Waals surface area contributed by atoms with Crippen molar-refractivity contribution in [2.75, 3.05) is 0 Å². The first kappa shape index (κ1) is 23.5. The highest BCUT2D eigenvalue weighted by molar-refractivity contribution is 6.30. The fourth-order valence-corrected chi connectivity index (χ4v) is 5.93. The third-order valence-corrected chi connectivity index (χ3v) is 8.02. The van der Waals surface area contributed by atoms with Gasteiger partial charge in [-0.05, 0) is 13.8 Å². The largest absolute Gasteiger partial charge is 0.507 e. The van der Waals surface area contributed by atoms with Crippen LogP contribution in [0.5, 0.6) is 11.5 Å². The Morgan fingerprint density at radius 3 is 2.22 bits per heavy atom. The molecular formula is C26H27NO9. The van der Waals surface area contributed by atoms with E-state index in [1.54, 1.807) is 19.1 Å². The fourth-order valence-electron chi connectivity index (χ4n) is 5.93. The van der Waals surface area contributed by atoms with Crippen molar-refractivity contribution in [3.05, 3.63) is 57.6 Å². The molecule has 1 spiro atoms. The molecule has 2 saturated heterocycles. The molecule has 2 aromatic rings. The molecule has 2 fully saturated rings. The second-order valence-electron chi connectivity index (χ2n) is 10.3. The van der Waals surface area contributed by atoms with Crippen LogP contribution >= 0.6 is 0 Å². The number of hydrogen-bond acceptors (Lipinski definition) is 10. The summed E-state index contributed by atoms with van der Waals surface area (Å²) >= 11 is 0. The highest BCUT2D eigenvalue weighted by Gasteiger charge is 2.69. The number of rotatable bonds is 2. The number of nitrogens with two attached hydrogens (primary N) is 1. The fraction of sp³-hybridized carbons (Fsp3) is 0.462. The van der Waals surface area contributed by atoms with Gasteiger partial charge in [0.1, 0.15) is 17.1 Å². The number of aromatic hydroxyl groups is 2. The van der Waals surface area contributed by atoms with Gasteiger partial charge in [-0.3, -0.25) is 9.59 Å². The third kappa shape index (κ3) is 3.13. The van der Waals surface area contributed by atoms with Gasteiger partial charge in [0.15, 0.2) is 23.6 Å². The molecule has 2 aliphatic heterocycles. The minimum atomic E-state index is -1.52. The zero-order valence-corrected chi connectivity index (χ0v) is 19.7. The third-order valence-electron chi connectivity index (χ3n) is 8.02. The Morgan fingerprint density at radius 1 is 1.08 bits per heavy atom. The van der Waals surface area contributed by atoms with Crippen LogP contribution in [0, 0.1) is 0 Å². The van der Waals surface area contributed by atoms with Crippen molar-refractivity contribution in [1.29, 1.82) is 0 Å². The van der Waals surface area contributed by atoms with Crippen molar-refractivity contribution in [3.8, 4) is 11.5 Å². The Labute approximate surface area is 206 Å². The SMILES string of the molecule is C[C@@H]1O[C@@H](O[C@H]2C[C@]3(Cc4c(O)c5c(c(O)c42)C(=O)c2ccccc2C5=O)O[C@@]3(C)O)C[C@H](N)[C@@H]1O. The molecule has 190 valence electrons. The van der Waals surface area contributed by atoms with E-state index in [-0.39, 0.29) is 52.6 Å². The summed E-state index contributed by atoms with van der Waals surface area (Å²) in [5.41, 5.74) is 4.91. The highest BCUT2D eigenvalue weighted by atomic mass is 16.8. The van der Waals surface area contributed by atoms with Gasteiger partial charge in [-0.25, -0.2) is 0 Å². The van der Waals surface area contributed by atoms with E-state index < -0.39 is 65.1 Å². The Morgan fingerprint density at radius 2 is 1.67 bits per heavy atom. The molecule has 2 aromatic carbocycles. The van der Waals surface area contributed by atoms with Crippen LogP contribution in [0.2, 0.25) is 0 Å². The van der Waals surface area contributed by atoms with E-state index in [4.69, 9.17) is 19.9 Å². The highest BCUT2D eigenvalue weighted by Crippen LogP contribution is 2.61. The summed E-state index contributed by atoms with van der Waals surface area (Å²) < 4.78 is 17.6. The molecule has 0 amide bonds. The van der Waals surface area contributed by atoms with Crippen LogP contribution in [0.4, 0.5) is 0 Å². The lowest BCUT2D eigenvalue weighted by atomic mass is 9.73. The molecule has 2 aliphatic carbocycles. The standard InChI is InChI=1S/C26H27NO9/c1-10-20(28)14(27)7-16(34-10)35-15-9-26(25(2,33)36-26)8-13-17(15)24(32)19-18(23(13)31)21(29)11-5-3-4-6-12(11)22(19)30/h3-6,10,14-16,20,28,31-33H,7-9,27H2,1-2H3/t10-,14-,15-,16-,20+,25+,26-/m0/s1. The molecule has 36 heavy (non-hydrogen) atoms. The van der Waals surface area contributed by atoms with Crippen LogP contribution in [-0.4, -0.2) is 67.9 Å². The zero-order chi connectivity index (χ0) is 25.7. The van der Waals surface area contributed by atoms with Gasteiger partial charge in [0.05, 0.1) is 29.4 Å². The van der Waals surface area contributed by atoms with E-state index in [1.165, 1.54) is 19.1 Å². The number of phenolic OH excluding ortho intramolecular Hbond substituents is 2. The van der Waals surface area contributed by atoms with Gasteiger partial charge in [0.2, 0.25) is 0 Å². The number of aliphatic hydroxyl groups excluding tert-OH is 1. The lowest BCUT2D eigenvalue weighted by Crippen LogP contribution is -2.52. The number of ketones is 2. The topological polar surface area (TPSA) is 172 Å². The molecule has 0 bridgehead atoms. The molecule has 6 rings (SSSR count). The lowest BCUT2D eigenvalue weighted by Gasteiger charge is -2.40. The van der Waals surface area contributed by atoms with Crippen molar-refractivity contribution in [2.24, 2.45) is 5.73 Å². The van der Waals surface area contributed by atoms with Crippen molar-refractivity contribution in [2.45, 2.75) is 75.1 Å². The maximum atomic E-state index is 13.4. The Bertz CT molecular complexity index is 1310. The molecule has 0 radical (unpaired) electrons. The quantitative estimate of drug-likeness (QED) is 0.256. The predicted molar refractivity (Wildman–Crippen MR) is 123 cm³/mol. The van der Waals surface area contributed by atoms with Gasteiger partial charge in [-0.1, -0.05) is 24.3 Å². The minimum Gasteiger partial charge on any atom is -0.507 e. The Balaban J connectivity index is 1.49. The van der Waals surface area contributed by atoms with Crippen LogP contribution in [0.25, 0.3) is 0 Å². The van der Waals surface area contributed by atoms with Crippen LogP contribution in [-0.2, 0) is 20.6 Å². The maximum Gasteiger partial charge on any atom is 0.198 e. The van der Waals surface area contributed by atoms with Crippen LogP contribution < -0.4 is 5.73 Å². The van der Waals surface area contributed by atoms with E-state index in [9.17, 15) is 30.0 Å². The van der Waals surface area contributed by atoms with Gasteiger partial charge in [0.25, 0.3) is 0 Å². The lowest BCUT2D eigenvalue weighted by molar-refractivity contribution is -0.243. The van der Waals surface area contributed by atoms with Crippen molar-refractivity contribution in [3.63, 3.8) is 0 Å². The first-order valence-electron chi connectivity index (χ1n) is 11.9. The summed E-state index contributed by atoms with van der Waals surface area (Å²) in [5, 5.41) is 43.5. The first-order valence-corrected chi connectivity index (χ1v) is 11.9. The van der Waals surface area contributed by atoms with Gasteiger partial charge < -0.3 is 40.4 Å². The second-order valence-corrected chi connectivity index (χ2v) is 10.3. The molecule has 0 aromatic heterocycles.